The average molecular weight is 417 g/mol. The molecule has 5 nitrogen and oxygen atoms in total. The lowest BCUT2D eigenvalue weighted by Crippen LogP contribution is -2.16. The van der Waals surface area contributed by atoms with Gasteiger partial charge in [0.05, 0.1) is 19.0 Å². The molecule has 0 atom stereocenters. The van der Waals surface area contributed by atoms with Crippen molar-refractivity contribution in [1.82, 2.24) is 4.98 Å². The number of anilines is 2. The number of rotatable bonds is 7. The van der Waals surface area contributed by atoms with E-state index in [0.717, 1.165) is 54.1 Å². The molecule has 0 amide bonds. The van der Waals surface area contributed by atoms with E-state index in [0.29, 0.717) is 18.3 Å². The number of pyridine rings is 1. The van der Waals surface area contributed by atoms with Crippen molar-refractivity contribution in [1.29, 1.82) is 0 Å². The van der Waals surface area contributed by atoms with E-state index in [-0.39, 0.29) is 0 Å². The van der Waals surface area contributed by atoms with E-state index in [1.807, 2.05) is 42.6 Å². The first kappa shape index (κ1) is 20.9. The van der Waals surface area contributed by atoms with Crippen molar-refractivity contribution in [3.8, 4) is 17.0 Å². The topological polar surface area (TPSA) is 71.5 Å². The third-order valence-electron chi connectivity index (χ3n) is 6.10. The molecule has 0 spiro atoms. The highest BCUT2D eigenvalue weighted by Crippen LogP contribution is 2.38. The molecule has 1 aliphatic carbocycles. The molecule has 0 saturated heterocycles. The molecule has 4 rings (SSSR count). The smallest absolute Gasteiger partial charge is 0.303 e. The Morgan fingerprint density at radius 3 is 2.39 bits per heavy atom. The van der Waals surface area contributed by atoms with Crippen LogP contribution < -0.4 is 10.1 Å². The first-order chi connectivity index (χ1) is 15.1. The highest BCUT2D eigenvalue weighted by molar-refractivity contribution is 5.71. The van der Waals surface area contributed by atoms with Crippen LogP contribution in [0.4, 0.5) is 11.4 Å². The molecule has 1 fully saturated rings. The summed E-state index contributed by atoms with van der Waals surface area (Å²) in [5.74, 6) is 0.873. The minimum absolute atomic E-state index is 0.298. The molecule has 0 unspecified atom stereocenters. The molecule has 2 aromatic carbocycles. The van der Waals surface area contributed by atoms with Crippen LogP contribution in [0.25, 0.3) is 11.3 Å². The lowest BCUT2D eigenvalue weighted by molar-refractivity contribution is -0.138. The summed E-state index contributed by atoms with van der Waals surface area (Å²) in [4.78, 5) is 15.6. The Morgan fingerprint density at radius 2 is 1.74 bits per heavy atom. The number of carboxylic acids is 1. The second-order valence-corrected chi connectivity index (χ2v) is 8.20. The van der Waals surface area contributed by atoms with E-state index in [1.165, 1.54) is 5.56 Å². The lowest BCUT2D eigenvalue weighted by atomic mass is 9.77. The Hall–Kier alpha value is -3.34. The number of hydrogen-bond acceptors (Lipinski definition) is 4. The Bertz CT molecular complexity index is 1010. The van der Waals surface area contributed by atoms with Gasteiger partial charge in [-0.15, -0.1) is 0 Å². The Morgan fingerprint density at radius 1 is 1.03 bits per heavy atom. The van der Waals surface area contributed by atoms with Crippen LogP contribution in [-0.2, 0) is 4.79 Å². The van der Waals surface area contributed by atoms with Gasteiger partial charge < -0.3 is 15.2 Å². The Labute approximate surface area is 183 Å². The zero-order chi connectivity index (χ0) is 21.6. The molecule has 31 heavy (non-hydrogen) atoms. The third kappa shape index (κ3) is 5.23. The van der Waals surface area contributed by atoms with Crippen molar-refractivity contribution < 1.29 is 14.6 Å². The summed E-state index contributed by atoms with van der Waals surface area (Å²) >= 11 is 0. The van der Waals surface area contributed by atoms with Crippen molar-refractivity contribution in [3.05, 3.63) is 72.4 Å². The number of carboxylic acid groups (broad SMARTS) is 1. The van der Waals surface area contributed by atoms with Crippen LogP contribution in [0, 0.1) is 5.92 Å². The van der Waals surface area contributed by atoms with Gasteiger partial charge in [-0.2, -0.15) is 0 Å². The standard InChI is InChI=1S/C26H28N2O3/c1-31-24-16-23(28-22-5-3-2-4-6-22)17-27-26(24)21-13-11-20(12-14-21)19-9-7-18(8-10-19)15-25(29)30/h2-6,11-14,16-19,28H,7-10,15H2,1H3,(H,29,30)/t18-,19-. The molecule has 1 aliphatic rings. The molecule has 3 aromatic rings. The van der Waals surface area contributed by atoms with E-state index in [2.05, 4.69) is 34.6 Å². The number of benzene rings is 2. The van der Waals surface area contributed by atoms with Crippen LogP contribution in [0.15, 0.2) is 66.9 Å². The van der Waals surface area contributed by atoms with Crippen LogP contribution in [0.3, 0.4) is 0 Å². The summed E-state index contributed by atoms with van der Waals surface area (Å²) in [5.41, 5.74) is 5.03. The first-order valence-corrected chi connectivity index (χ1v) is 10.8. The van der Waals surface area contributed by atoms with Crippen molar-refractivity contribution in [2.24, 2.45) is 5.92 Å². The number of aromatic nitrogens is 1. The van der Waals surface area contributed by atoms with Gasteiger partial charge in [-0.1, -0.05) is 42.5 Å². The molecule has 1 aromatic heterocycles. The highest BCUT2D eigenvalue weighted by atomic mass is 16.5. The number of para-hydroxylation sites is 1. The lowest BCUT2D eigenvalue weighted by Gasteiger charge is -2.28. The fourth-order valence-corrected chi connectivity index (χ4v) is 4.43. The second kappa shape index (κ2) is 9.65. The van der Waals surface area contributed by atoms with Gasteiger partial charge in [-0.3, -0.25) is 9.78 Å². The van der Waals surface area contributed by atoms with Crippen LogP contribution in [0.5, 0.6) is 5.75 Å². The highest BCUT2D eigenvalue weighted by Gasteiger charge is 2.24. The van der Waals surface area contributed by atoms with Crippen molar-refractivity contribution >= 4 is 17.3 Å². The zero-order valence-electron chi connectivity index (χ0n) is 17.8. The number of hydrogen-bond donors (Lipinski definition) is 2. The Balaban J connectivity index is 1.45. The summed E-state index contributed by atoms with van der Waals surface area (Å²) in [6.07, 6.45) is 6.21. The molecule has 0 bridgehead atoms. The average Bonchev–Trinajstić information content (AvgIpc) is 2.80. The Kier molecular flexibility index (Phi) is 6.51. The first-order valence-electron chi connectivity index (χ1n) is 10.8. The summed E-state index contributed by atoms with van der Waals surface area (Å²) in [7, 11) is 1.66. The molecule has 1 saturated carbocycles. The van der Waals surface area contributed by atoms with Gasteiger partial charge in [0, 0.05) is 23.7 Å². The maximum Gasteiger partial charge on any atom is 0.303 e. The second-order valence-electron chi connectivity index (χ2n) is 8.20. The van der Waals surface area contributed by atoms with Gasteiger partial charge in [0.2, 0.25) is 0 Å². The van der Waals surface area contributed by atoms with Crippen LogP contribution in [0.2, 0.25) is 0 Å². The predicted molar refractivity (Wildman–Crippen MR) is 123 cm³/mol. The summed E-state index contributed by atoms with van der Waals surface area (Å²) in [6, 6.07) is 20.5. The van der Waals surface area contributed by atoms with E-state index in [1.54, 1.807) is 7.11 Å². The van der Waals surface area contributed by atoms with Crippen molar-refractivity contribution in [2.45, 2.75) is 38.0 Å². The fraction of sp³-hybridized carbons (Fsp3) is 0.308. The van der Waals surface area contributed by atoms with Crippen molar-refractivity contribution in [3.63, 3.8) is 0 Å². The maximum atomic E-state index is 10.9. The molecule has 2 N–H and O–H groups in total. The fourth-order valence-electron chi connectivity index (χ4n) is 4.43. The molecule has 160 valence electrons. The predicted octanol–water partition coefficient (Wildman–Crippen LogP) is 6.25. The van der Waals surface area contributed by atoms with Gasteiger partial charge in [0.25, 0.3) is 0 Å². The maximum absolute atomic E-state index is 10.9. The number of ether oxygens (including phenoxy) is 1. The van der Waals surface area contributed by atoms with Gasteiger partial charge >= 0.3 is 5.97 Å². The SMILES string of the molecule is COc1cc(Nc2ccccc2)cnc1-c1ccc([C@H]2CC[C@H](CC(=O)O)CC2)cc1. The van der Waals surface area contributed by atoms with Gasteiger partial charge in [0.15, 0.2) is 0 Å². The zero-order valence-corrected chi connectivity index (χ0v) is 17.8. The van der Waals surface area contributed by atoms with E-state index < -0.39 is 5.97 Å². The molecule has 0 aliphatic heterocycles. The molecule has 5 heteroatoms. The van der Waals surface area contributed by atoms with Crippen molar-refractivity contribution in [2.75, 3.05) is 12.4 Å². The summed E-state index contributed by atoms with van der Waals surface area (Å²) in [6.45, 7) is 0. The number of aliphatic carboxylic acids is 1. The third-order valence-corrected chi connectivity index (χ3v) is 6.10. The minimum Gasteiger partial charge on any atom is -0.494 e. The largest absolute Gasteiger partial charge is 0.494 e. The monoisotopic (exact) mass is 416 g/mol. The number of carbonyl (C=O) groups is 1. The minimum atomic E-state index is -0.681. The van der Waals surface area contributed by atoms with Crippen LogP contribution in [0.1, 0.15) is 43.6 Å². The van der Waals surface area contributed by atoms with Gasteiger partial charge in [0.1, 0.15) is 11.4 Å². The number of methoxy groups -OCH3 is 1. The normalized spacial score (nSPS) is 18.4. The molecule has 0 radical (unpaired) electrons. The molecular formula is C26H28N2O3. The molecular weight excluding hydrogens is 388 g/mol. The van der Waals surface area contributed by atoms with Gasteiger partial charge in [-0.25, -0.2) is 0 Å². The number of nitrogens with one attached hydrogen (secondary N) is 1. The van der Waals surface area contributed by atoms with E-state index in [4.69, 9.17) is 9.84 Å². The van der Waals surface area contributed by atoms with E-state index in [9.17, 15) is 4.79 Å². The van der Waals surface area contributed by atoms with E-state index >= 15 is 0 Å². The van der Waals surface area contributed by atoms with Crippen LogP contribution >= 0.6 is 0 Å². The van der Waals surface area contributed by atoms with Gasteiger partial charge in [-0.05, 0) is 55.2 Å². The van der Waals surface area contributed by atoms with Crippen LogP contribution in [-0.4, -0.2) is 23.2 Å². The summed E-state index contributed by atoms with van der Waals surface area (Å²) in [5, 5.41) is 12.3. The summed E-state index contributed by atoms with van der Waals surface area (Å²) < 4.78 is 5.62. The quantitative estimate of drug-likeness (QED) is 0.476. The molecule has 1 heterocycles. The number of nitrogens with zero attached hydrogens (tertiary/aromatic N) is 1.